The summed E-state index contributed by atoms with van der Waals surface area (Å²) in [5.41, 5.74) is 0.966. The van der Waals surface area contributed by atoms with Gasteiger partial charge in [0.05, 0.1) is 6.61 Å². The van der Waals surface area contributed by atoms with E-state index in [-0.39, 0.29) is 5.97 Å². The number of carbonyl (C=O) groups excluding carboxylic acids is 1. The van der Waals surface area contributed by atoms with E-state index >= 15 is 0 Å². The highest BCUT2D eigenvalue weighted by atomic mass is 16.6. The lowest BCUT2D eigenvalue weighted by atomic mass is 10.4. The number of esters is 1. The molecule has 0 radical (unpaired) electrons. The summed E-state index contributed by atoms with van der Waals surface area (Å²) in [5.74, 6) is -0.252. The first kappa shape index (κ1) is 8.21. The minimum atomic E-state index is -0.252. The minimum Gasteiger partial charge on any atom is -0.463 e. The summed E-state index contributed by atoms with van der Waals surface area (Å²) in [6.45, 7) is 5.95. The van der Waals surface area contributed by atoms with Crippen molar-refractivity contribution in [2.24, 2.45) is 0 Å². The quantitative estimate of drug-likeness (QED) is 0.321. The second-order valence-electron chi connectivity index (χ2n) is 1.97. The van der Waals surface area contributed by atoms with E-state index in [9.17, 15) is 4.79 Å². The van der Waals surface area contributed by atoms with E-state index in [1.54, 1.807) is 6.92 Å². The molecule has 0 N–H and O–H groups in total. The average molecular weight is 129 g/mol. The van der Waals surface area contributed by atoms with Crippen molar-refractivity contribution in [1.82, 2.24) is 0 Å². The molecule has 0 saturated carbocycles. The predicted octanol–water partition coefficient (Wildman–Crippen LogP) is 1.52. The van der Waals surface area contributed by atoms with Crippen molar-refractivity contribution < 1.29 is 9.53 Å². The van der Waals surface area contributed by atoms with E-state index in [0.29, 0.717) is 6.61 Å². The number of hydrogen-bond donors (Lipinski definition) is 0. The molecule has 0 aliphatic carbocycles. The maximum absolute atomic E-state index is 10.6. The Balaban J connectivity index is 3.63. The summed E-state index contributed by atoms with van der Waals surface area (Å²) in [6, 6.07) is 0. The molecule has 0 aliphatic heterocycles. The maximum atomic E-state index is 10.6. The highest BCUT2D eigenvalue weighted by Crippen LogP contribution is 1.89. The van der Waals surface area contributed by atoms with Crippen LogP contribution in [0.25, 0.3) is 0 Å². The molecule has 0 aromatic carbocycles. The Labute approximate surface area is 55.5 Å². The molecular formula is C7H12O2. The van der Waals surface area contributed by atoms with Crippen LogP contribution < -0.4 is 0 Å². The van der Waals surface area contributed by atoms with Crippen LogP contribution in [-0.4, -0.2) is 12.6 Å². The zero-order valence-electron chi connectivity index (χ0n) is 6.10. The van der Waals surface area contributed by atoms with E-state index in [1.807, 2.05) is 13.8 Å². The molecule has 0 aromatic heterocycles. The Morgan fingerprint density at radius 3 is 2.44 bits per heavy atom. The molecule has 0 saturated heterocycles. The zero-order chi connectivity index (χ0) is 7.28. The Hall–Kier alpha value is -0.790. The van der Waals surface area contributed by atoms with E-state index in [4.69, 9.17) is 0 Å². The zero-order valence-corrected chi connectivity index (χ0v) is 6.10. The Bertz CT molecular complexity index is 121. The molecule has 2 nitrogen and oxygen atoms in total. The first-order chi connectivity index (χ1) is 4.16. The summed E-state index contributed by atoms with van der Waals surface area (Å²) in [7, 11) is 0. The summed E-state index contributed by atoms with van der Waals surface area (Å²) in [6.07, 6.45) is 1.48. The van der Waals surface area contributed by atoms with Gasteiger partial charge in [-0.25, -0.2) is 4.79 Å². The van der Waals surface area contributed by atoms with Gasteiger partial charge in [0.25, 0.3) is 0 Å². The van der Waals surface area contributed by atoms with E-state index in [1.165, 1.54) is 6.08 Å². The molecule has 0 heterocycles. The topological polar surface area (TPSA) is 26.3 Å². The van der Waals surface area contributed by atoms with Crippen LogP contribution in [0.4, 0.5) is 0 Å². The Morgan fingerprint density at radius 2 is 2.11 bits per heavy atom. The molecule has 9 heavy (non-hydrogen) atoms. The van der Waals surface area contributed by atoms with Crippen LogP contribution in [0.1, 0.15) is 20.8 Å². The van der Waals surface area contributed by atoms with Gasteiger partial charge in [-0.1, -0.05) is 5.57 Å². The SMILES string of the molecule is CCO[13C](=O)C=C(C)C. The van der Waals surface area contributed by atoms with E-state index < -0.39 is 0 Å². The maximum Gasteiger partial charge on any atom is 0.330 e. The summed E-state index contributed by atoms with van der Waals surface area (Å²) in [4.78, 5) is 10.6. The Kier molecular flexibility index (Phi) is 3.76. The third kappa shape index (κ3) is 5.07. The minimum absolute atomic E-state index is 0.252. The molecule has 0 aromatic rings. The van der Waals surface area contributed by atoms with Crippen LogP contribution in [-0.2, 0) is 9.53 Å². The molecule has 0 aliphatic rings. The molecule has 2 heteroatoms. The van der Waals surface area contributed by atoms with Crippen molar-refractivity contribution in [3.05, 3.63) is 11.6 Å². The standard InChI is InChI=1S/C7H12O2/c1-4-9-7(8)5-6(2)3/h5H,4H2,1-3H3/i7+1. The largest absolute Gasteiger partial charge is 0.463 e. The van der Waals surface area contributed by atoms with Gasteiger partial charge in [-0.05, 0) is 20.8 Å². The number of ether oxygens (including phenoxy) is 1. The van der Waals surface area contributed by atoms with Crippen LogP contribution in [0.2, 0.25) is 0 Å². The van der Waals surface area contributed by atoms with Crippen LogP contribution in [0, 0.1) is 0 Å². The monoisotopic (exact) mass is 129 g/mol. The third-order valence-corrected chi connectivity index (χ3v) is 0.693. The second kappa shape index (κ2) is 4.13. The molecule has 52 valence electrons. The predicted molar refractivity (Wildman–Crippen MR) is 36.1 cm³/mol. The first-order valence-corrected chi connectivity index (χ1v) is 2.98. The molecule has 0 fully saturated rings. The Morgan fingerprint density at radius 1 is 1.56 bits per heavy atom. The number of rotatable bonds is 2. The van der Waals surface area contributed by atoms with Crippen molar-refractivity contribution in [3.63, 3.8) is 0 Å². The van der Waals surface area contributed by atoms with Gasteiger partial charge >= 0.3 is 5.97 Å². The molecule has 0 rings (SSSR count). The first-order valence-electron chi connectivity index (χ1n) is 2.98. The van der Waals surface area contributed by atoms with Crippen LogP contribution in [0.3, 0.4) is 0 Å². The van der Waals surface area contributed by atoms with Crippen molar-refractivity contribution >= 4 is 5.97 Å². The highest BCUT2D eigenvalue weighted by Gasteiger charge is 1.92. The molecule has 0 amide bonds. The lowest BCUT2D eigenvalue weighted by Crippen LogP contribution is -1.99. The smallest absolute Gasteiger partial charge is 0.330 e. The van der Waals surface area contributed by atoms with Crippen molar-refractivity contribution in [1.29, 1.82) is 0 Å². The fourth-order valence-electron chi connectivity index (χ4n) is 0.420. The van der Waals surface area contributed by atoms with E-state index in [2.05, 4.69) is 4.74 Å². The summed E-state index contributed by atoms with van der Waals surface area (Å²) >= 11 is 0. The number of allylic oxidation sites excluding steroid dienone is 1. The van der Waals surface area contributed by atoms with Gasteiger partial charge in [0.2, 0.25) is 0 Å². The average Bonchev–Trinajstić information content (AvgIpc) is 1.63. The molecule has 0 bridgehead atoms. The van der Waals surface area contributed by atoms with Crippen molar-refractivity contribution in [2.75, 3.05) is 6.61 Å². The summed E-state index contributed by atoms with van der Waals surface area (Å²) < 4.78 is 4.64. The van der Waals surface area contributed by atoms with Crippen LogP contribution in [0.15, 0.2) is 11.6 Å². The van der Waals surface area contributed by atoms with Gasteiger partial charge in [0, 0.05) is 6.08 Å². The van der Waals surface area contributed by atoms with Gasteiger partial charge in [0.1, 0.15) is 0 Å². The lowest BCUT2D eigenvalue weighted by Gasteiger charge is -1.94. The van der Waals surface area contributed by atoms with Gasteiger partial charge in [-0.3, -0.25) is 0 Å². The van der Waals surface area contributed by atoms with Gasteiger partial charge in [-0.15, -0.1) is 0 Å². The van der Waals surface area contributed by atoms with E-state index in [0.717, 1.165) is 5.57 Å². The molecule has 0 unspecified atom stereocenters. The fourth-order valence-corrected chi connectivity index (χ4v) is 0.420. The lowest BCUT2D eigenvalue weighted by molar-refractivity contribution is -0.137. The second-order valence-corrected chi connectivity index (χ2v) is 1.97. The van der Waals surface area contributed by atoms with Gasteiger partial charge in [-0.2, -0.15) is 0 Å². The number of carbonyl (C=O) groups is 1. The molecule has 0 atom stereocenters. The normalized spacial score (nSPS) is 8.33. The van der Waals surface area contributed by atoms with Crippen molar-refractivity contribution in [3.8, 4) is 0 Å². The van der Waals surface area contributed by atoms with Crippen LogP contribution >= 0.6 is 0 Å². The van der Waals surface area contributed by atoms with Crippen molar-refractivity contribution in [2.45, 2.75) is 20.8 Å². The summed E-state index contributed by atoms with van der Waals surface area (Å²) in [5, 5.41) is 0. The van der Waals surface area contributed by atoms with Crippen LogP contribution in [0.5, 0.6) is 0 Å². The fraction of sp³-hybridized carbons (Fsp3) is 0.571. The third-order valence-electron chi connectivity index (χ3n) is 0.693. The molecule has 0 spiro atoms. The van der Waals surface area contributed by atoms with Gasteiger partial charge in [0.15, 0.2) is 0 Å². The number of hydrogen-bond acceptors (Lipinski definition) is 2. The molecular weight excluding hydrogens is 117 g/mol. The van der Waals surface area contributed by atoms with Gasteiger partial charge < -0.3 is 4.74 Å². The highest BCUT2D eigenvalue weighted by molar-refractivity contribution is 5.82.